The summed E-state index contributed by atoms with van der Waals surface area (Å²) in [5, 5.41) is 3.41. The standard InChI is InChI=1S/C17H18F2N2O3S/c1-10-14(11-2-4-13(5-3-11)24-16(18)19)20-17(25-10)21-15(22)12-6-8-23-9-7-12/h2-5,12,16H,6-9H2,1H3,(H,20,21,22). The number of aromatic nitrogens is 1. The van der Waals surface area contributed by atoms with E-state index in [9.17, 15) is 13.6 Å². The molecular formula is C17H18F2N2O3S. The predicted molar refractivity (Wildman–Crippen MR) is 91.1 cm³/mol. The number of rotatable bonds is 5. The van der Waals surface area contributed by atoms with Crippen LogP contribution >= 0.6 is 11.3 Å². The van der Waals surface area contributed by atoms with Gasteiger partial charge >= 0.3 is 6.61 Å². The second-order valence-electron chi connectivity index (χ2n) is 5.70. The van der Waals surface area contributed by atoms with E-state index in [0.29, 0.717) is 31.2 Å². The minimum Gasteiger partial charge on any atom is -0.435 e. The van der Waals surface area contributed by atoms with Crippen LogP contribution in [0.15, 0.2) is 24.3 Å². The molecular weight excluding hydrogens is 350 g/mol. The highest BCUT2D eigenvalue weighted by Gasteiger charge is 2.23. The highest BCUT2D eigenvalue weighted by Crippen LogP contribution is 2.32. The molecule has 1 N–H and O–H groups in total. The first-order valence-corrected chi connectivity index (χ1v) is 8.76. The first kappa shape index (κ1) is 17.8. The largest absolute Gasteiger partial charge is 0.435 e. The van der Waals surface area contributed by atoms with Crippen LogP contribution in [0.2, 0.25) is 0 Å². The summed E-state index contributed by atoms with van der Waals surface area (Å²) in [4.78, 5) is 17.7. The van der Waals surface area contributed by atoms with Crippen LogP contribution in [-0.4, -0.2) is 30.7 Å². The van der Waals surface area contributed by atoms with Crippen molar-refractivity contribution in [2.24, 2.45) is 5.92 Å². The van der Waals surface area contributed by atoms with E-state index in [-0.39, 0.29) is 17.6 Å². The van der Waals surface area contributed by atoms with Gasteiger partial charge in [0.25, 0.3) is 0 Å². The zero-order valence-electron chi connectivity index (χ0n) is 13.6. The van der Waals surface area contributed by atoms with Crippen LogP contribution in [0.4, 0.5) is 13.9 Å². The van der Waals surface area contributed by atoms with E-state index in [1.165, 1.54) is 23.5 Å². The fourth-order valence-corrected chi connectivity index (χ4v) is 3.52. The molecule has 1 saturated heterocycles. The van der Waals surface area contributed by atoms with E-state index in [1.54, 1.807) is 12.1 Å². The summed E-state index contributed by atoms with van der Waals surface area (Å²) in [6, 6.07) is 6.29. The molecule has 0 atom stereocenters. The molecule has 1 aliphatic heterocycles. The molecule has 5 nitrogen and oxygen atoms in total. The van der Waals surface area contributed by atoms with Crippen molar-refractivity contribution in [1.29, 1.82) is 0 Å². The van der Waals surface area contributed by atoms with Gasteiger partial charge in [0.05, 0.1) is 5.69 Å². The number of halogens is 2. The number of hydrogen-bond acceptors (Lipinski definition) is 5. The highest BCUT2D eigenvalue weighted by atomic mass is 32.1. The third-order valence-electron chi connectivity index (χ3n) is 3.97. The minimum atomic E-state index is -2.85. The Balaban J connectivity index is 1.70. The Hall–Kier alpha value is -2.06. The smallest absolute Gasteiger partial charge is 0.387 e. The summed E-state index contributed by atoms with van der Waals surface area (Å²) in [5.74, 6) is 0.0103. The Bertz CT molecular complexity index is 728. The number of carbonyl (C=O) groups is 1. The number of benzene rings is 1. The lowest BCUT2D eigenvalue weighted by Crippen LogP contribution is -2.28. The number of amides is 1. The third-order valence-corrected chi connectivity index (χ3v) is 4.86. The normalized spacial score (nSPS) is 15.4. The number of thiazole rings is 1. The summed E-state index contributed by atoms with van der Waals surface area (Å²) < 4.78 is 34.0. The van der Waals surface area contributed by atoms with Gasteiger partial charge in [0.1, 0.15) is 5.75 Å². The fourth-order valence-electron chi connectivity index (χ4n) is 2.68. The second-order valence-corrected chi connectivity index (χ2v) is 6.91. The van der Waals surface area contributed by atoms with Gasteiger partial charge in [-0.05, 0) is 44.0 Å². The van der Waals surface area contributed by atoms with Crippen LogP contribution < -0.4 is 10.1 Å². The number of carbonyl (C=O) groups excluding carboxylic acids is 1. The molecule has 1 amide bonds. The topological polar surface area (TPSA) is 60.5 Å². The molecule has 1 aliphatic rings. The minimum absolute atomic E-state index is 0.0377. The summed E-state index contributed by atoms with van der Waals surface area (Å²) in [5.41, 5.74) is 1.50. The van der Waals surface area contributed by atoms with E-state index in [0.717, 1.165) is 16.1 Å². The molecule has 0 saturated carbocycles. The first-order valence-electron chi connectivity index (χ1n) is 7.94. The van der Waals surface area contributed by atoms with Gasteiger partial charge in [0, 0.05) is 29.6 Å². The van der Waals surface area contributed by atoms with Gasteiger partial charge in [-0.25, -0.2) is 4.98 Å². The quantitative estimate of drug-likeness (QED) is 0.864. The SMILES string of the molecule is Cc1sc(NC(=O)C2CCOCC2)nc1-c1ccc(OC(F)F)cc1. The molecule has 1 fully saturated rings. The van der Waals surface area contributed by atoms with Crippen molar-refractivity contribution in [1.82, 2.24) is 4.98 Å². The van der Waals surface area contributed by atoms with Crippen molar-refractivity contribution in [3.8, 4) is 17.0 Å². The molecule has 8 heteroatoms. The molecule has 0 aliphatic carbocycles. The van der Waals surface area contributed by atoms with Gasteiger partial charge in [-0.2, -0.15) is 8.78 Å². The van der Waals surface area contributed by atoms with E-state index in [4.69, 9.17) is 4.74 Å². The number of anilines is 1. The Morgan fingerprint density at radius 2 is 2.00 bits per heavy atom. The molecule has 0 radical (unpaired) electrons. The van der Waals surface area contributed by atoms with Crippen LogP contribution in [0, 0.1) is 12.8 Å². The lowest BCUT2D eigenvalue weighted by Gasteiger charge is -2.20. The molecule has 3 rings (SSSR count). The van der Waals surface area contributed by atoms with Gasteiger partial charge in [-0.1, -0.05) is 0 Å². The third kappa shape index (κ3) is 4.52. The van der Waals surface area contributed by atoms with Crippen molar-refractivity contribution in [2.75, 3.05) is 18.5 Å². The lowest BCUT2D eigenvalue weighted by molar-refractivity contribution is -0.122. The van der Waals surface area contributed by atoms with Crippen molar-refractivity contribution >= 4 is 22.4 Å². The van der Waals surface area contributed by atoms with Gasteiger partial charge in [0.2, 0.25) is 5.91 Å². The van der Waals surface area contributed by atoms with Crippen LogP contribution in [0.1, 0.15) is 17.7 Å². The van der Waals surface area contributed by atoms with Crippen molar-refractivity contribution in [3.63, 3.8) is 0 Å². The van der Waals surface area contributed by atoms with Gasteiger partial charge in [-0.15, -0.1) is 11.3 Å². The van der Waals surface area contributed by atoms with Crippen LogP contribution in [0.25, 0.3) is 11.3 Å². The van der Waals surface area contributed by atoms with Crippen LogP contribution in [0.5, 0.6) is 5.75 Å². The van der Waals surface area contributed by atoms with E-state index < -0.39 is 6.61 Å². The van der Waals surface area contributed by atoms with E-state index in [2.05, 4.69) is 15.0 Å². The fraction of sp³-hybridized carbons (Fsp3) is 0.412. The van der Waals surface area contributed by atoms with Gasteiger partial charge < -0.3 is 14.8 Å². The number of nitrogens with zero attached hydrogens (tertiary/aromatic N) is 1. The first-order chi connectivity index (χ1) is 12.0. The Kier molecular flexibility index (Phi) is 5.60. The van der Waals surface area contributed by atoms with Crippen LogP contribution in [0.3, 0.4) is 0 Å². The van der Waals surface area contributed by atoms with Gasteiger partial charge in [-0.3, -0.25) is 4.79 Å². The molecule has 2 aromatic rings. The second kappa shape index (κ2) is 7.88. The summed E-state index contributed by atoms with van der Waals surface area (Å²) in [6.45, 7) is 0.264. The van der Waals surface area contributed by atoms with Crippen molar-refractivity contribution in [2.45, 2.75) is 26.4 Å². The number of nitrogens with one attached hydrogen (secondary N) is 1. The Morgan fingerprint density at radius 3 is 2.64 bits per heavy atom. The van der Waals surface area contributed by atoms with Crippen molar-refractivity contribution in [3.05, 3.63) is 29.1 Å². The average Bonchev–Trinajstić information content (AvgIpc) is 2.96. The number of aryl methyl sites for hydroxylation is 1. The Morgan fingerprint density at radius 1 is 1.32 bits per heavy atom. The van der Waals surface area contributed by atoms with Gasteiger partial charge in [0.15, 0.2) is 5.13 Å². The molecule has 0 bridgehead atoms. The number of ether oxygens (including phenoxy) is 2. The lowest BCUT2D eigenvalue weighted by atomic mass is 10.00. The highest BCUT2D eigenvalue weighted by molar-refractivity contribution is 7.16. The predicted octanol–water partition coefficient (Wildman–Crippen LogP) is 4.09. The molecule has 0 spiro atoms. The van der Waals surface area contributed by atoms with E-state index >= 15 is 0 Å². The number of alkyl halides is 2. The zero-order chi connectivity index (χ0) is 17.8. The maximum atomic E-state index is 12.3. The molecule has 25 heavy (non-hydrogen) atoms. The summed E-state index contributed by atoms with van der Waals surface area (Å²) >= 11 is 1.39. The molecule has 134 valence electrons. The summed E-state index contributed by atoms with van der Waals surface area (Å²) in [6.07, 6.45) is 1.43. The molecule has 1 aromatic carbocycles. The van der Waals surface area contributed by atoms with E-state index in [1.807, 2.05) is 6.92 Å². The van der Waals surface area contributed by atoms with Crippen LogP contribution in [-0.2, 0) is 9.53 Å². The molecule has 1 aromatic heterocycles. The zero-order valence-corrected chi connectivity index (χ0v) is 14.4. The Labute approximate surface area is 148 Å². The molecule has 0 unspecified atom stereocenters. The van der Waals surface area contributed by atoms with Crippen molar-refractivity contribution < 1.29 is 23.0 Å². The maximum Gasteiger partial charge on any atom is 0.387 e. The number of hydrogen-bond donors (Lipinski definition) is 1. The maximum absolute atomic E-state index is 12.3. The molecule has 2 heterocycles. The summed E-state index contributed by atoms with van der Waals surface area (Å²) in [7, 11) is 0. The monoisotopic (exact) mass is 368 g/mol. The average molecular weight is 368 g/mol.